The Morgan fingerprint density at radius 3 is 2.27 bits per heavy atom. The second kappa shape index (κ2) is 10.9. The van der Waals surface area contributed by atoms with Crippen LogP contribution in [0.4, 0.5) is 5.69 Å². The maximum absolute atomic E-state index is 13.1. The summed E-state index contributed by atoms with van der Waals surface area (Å²) in [5, 5.41) is 5.61. The van der Waals surface area contributed by atoms with E-state index in [0.29, 0.717) is 22.8 Å². The van der Waals surface area contributed by atoms with Crippen LogP contribution >= 0.6 is 23.4 Å². The van der Waals surface area contributed by atoms with Crippen LogP contribution in [0.3, 0.4) is 0 Å². The summed E-state index contributed by atoms with van der Waals surface area (Å²) in [5.41, 5.74) is 1.85. The first-order valence-electron chi connectivity index (χ1n) is 9.73. The highest BCUT2D eigenvalue weighted by atomic mass is 35.5. The Hall–Kier alpha value is -2.76. The van der Waals surface area contributed by atoms with E-state index in [4.69, 9.17) is 11.6 Å². The molecule has 0 aliphatic rings. The third-order valence-electron chi connectivity index (χ3n) is 4.35. The predicted octanol–water partition coefficient (Wildman–Crippen LogP) is 5.95. The fourth-order valence-electron chi connectivity index (χ4n) is 2.85. The first kappa shape index (κ1) is 21.9. The van der Waals surface area contributed by atoms with E-state index in [1.54, 1.807) is 18.2 Å². The third kappa shape index (κ3) is 5.88. The molecule has 0 aromatic heterocycles. The molecule has 0 spiro atoms. The molecule has 0 aliphatic heterocycles. The first-order valence-corrected chi connectivity index (χ1v) is 11.0. The molecule has 30 heavy (non-hydrogen) atoms. The molecule has 4 nitrogen and oxygen atoms in total. The van der Waals surface area contributed by atoms with Gasteiger partial charge in [-0.2, -0.15) is 0 Å². The lowest BCUT2D eigenvalue weighted by atomic mass is 10.1. The van der Waals surface area contributed by atoms with Crippen molar-refractivity contribution >= 4 is 40.9 Å². The number of rotatable bonds is 8. The van der Waals surface area contributed by atoms with Crippen molar-refractivity contribution in [2.75, 3.05) is 11.9 Å². The Balaban J connectivity index is 1.78. The van der Waals surface area contributed by atoms with Crippen LogP contribution in [0.25, 0.3) is 0 Å². The zero-order valence-corrected chi connectivity index (χ0v) is 18.2. The molecule has 2 amide bonds. The summed E-state index contributed by atoms with van der Waals surface area (Å²) in [5.74, 6) is -0.379. The van der Waals surface area contributed by atoms with Gasteiger partial charge in [-0.05, 0) is 42.3 Å². The number of carbonyl (C=O) groups is 2. The molecule has 0 bridgehead atoms. The molecule has 3 aromatic carbocycles. The van der Waals surface area contributed by atoms with Crippen molar-refractivity contribution in [3.05, 3.63) is 95.0 Å². The maximum atomic E-state index is 13.1. The van der Waals surface area contributed by atoms with Gasteiger partial charge in [-0.15, -0.1) is 11.8 Å². The summed E-state index contributed by atoms with van der Waals surface area (Å²) in [6, 6.07) is 24.4. The molecule has 0 unspecified atom stereocenters. The molecule has 0 aliphatic carbocycles. The number of carbonyl (C=O) groups excluding carboxylic acids is 2. The molecule has 3 aromatic rings. The van der Waals surface area contributed by atoms with Crippen LogP contribution in [0.1, 0.15) is 34.5 Å². The molecule has 2 N–H and O–H groups in total. The summed E-state index contributed by atoms with van der Waals surface area (Å²) in [4.78, 5) is 26.3. The fraction of sp³-hybridized carbons (Fsp3) is 0.167. The smallest absolute Gasteiger partial charge is 0.252 e. The van der Waals surface area contributed by atoms with Crippen LogP contribution in [0.15, 0.2) is 83.8 Å². The molecule has 0 saturated carbocycles. The van der Waals surface area contributed by atoms with Gasteiger partial charge < -0.3 is 10.6 Å². The highest BCUT2D eigenvalue weighted by molar-refractivity contribution is 8.00. The maximum Gasteiger partial charge on any atom is 0.252 e. The topological polar surface area (TPSA) is 58.2 Å². The Labute approximate surface area is 186 Å². The van der Waals surface area contributed by atoms with Crippen LogP contribution in [0.2, 0.25) is 5.02 Å². The van der Waals surface area contributed by atoms with Crippen LogP contribution in [0, 0.1) is 0 Å². The van der Waals surface area contributed by atoms with Crippen molar-refractivity contribution in [3.8, 4) is 0 Å². The van der Waals surface area contributed by atoms with Gasteiger partial charge in [0.05, 0.1) is 10.6 Å². The van der Waals surface area contributed by atoms with E-state index in [1.807, 2.05) is 67.6 Å². The molecule has 6 heteroatoms. The van der Waals surface area contributed by atoms with Crippen molar-refractivity contribution in [2.45, 2.75) is 23.5 Å². The zero-order valence-electron chi connectivity index (χ0n) is 16.6. The molecule has 0 heterocycles. The van der Waals surface area contributed by atoms with E-state index in [2.05, 4.69) is 10.6 Å². The van der Waals surface area contributed by atoms with E-state index in [0.717, 1.165) is 16.9 Å². The number of benzene rings is 3. The van der Waals surface area contributed by atoms with Gasteiger partial charge in [0.25, 0.3) is 5.91 Å². The molecule has 0 saturated heterocycles. The second-order valence-corrected chi connectivity index (χ2v) is 8.25. The summed E-state index contributed by atoms with van der Waals surface area (Å²) in [6.07, 6.45) is 0.845. The predicted molar refractivity (Wildman–Crippen MR) is 124 cm³/mol. The van der Waals surface area contributed by atoms with Gasteiger partial charge in [0.1, 0.15) is 5.25 Å². The molecular formula is C24H23ClN2O2S. The van der Waals surface area contributed by atoms with Crippen molar-refractivity contribution in [2.24, 2.45) is 0 Å². The number of anilines is 1. The number of hydrogen-bond acceptors (Lipinski definition) is 3. The van der Waals surface area contributed by atoms with Crippen molar-refractivity contribution in [3.63, 3.8) is 0 Å². The molecule has 154 valence electrons. The monoisotopic (exact) mass is 438 g/mol. The Morgan fingerprint density at radius 1 is 0.967 bits per heavy atom. The van der Waals surface area contributed by atoms with Gasteiger partial charge in [-0.3, -0.25) is 9.59 Å². The standard InChI is InChI=1S/C24H23ClN2O2S/c1-2-15-26-23(28)20-14-13-18(16-21(20)25)27-24(29)22(17-9-5-3-6-10-17)30-19-11-7-4-8-12-19/h3-14,16,22H,2,15H2,1H3,(H,26,28)(H,27,29)/t22-/m1/s1. The van der Waals surface area contributed by atoms with E-state index in [-0.39, 0.29) is 11.8 Å². The number of hydrogen-bond donors (Lipinski definition) is 2. The Bertz CT molecular complexity index is 997. The highest BCUT2D eigenvalue weighted by Crippen LogP contribution is 2.36. The van der Waals surface area contributed by atoms with Gasteiger partial charge >= 0.3 is 0 Å². The minimum Gasteiger partial charge on any atom is -0.352 e. The molecule has 0 fully saturated rings. The largest absolute Gasteiger partial charge is 0.352 e. The minimum absolute atomic E-state index is 0.158. The van der Waals surface area contributed by atoms with Crippen molar-refractivity contribution < 1.29 is 9.59 Å². The average molecular weight is 439 g/mol. The molecule has 0 radical (unpaired) electrons. The van der Waals surface area contributed by atoms with Crippen molar-refractivity contribution in [1.82, 2.24) is 5.32 Å². The van der Waals surface area contributed by atoms with Gasteiger partial charge in [0, 0.05) is 17.1 Å². The lowest BCUT2D eigenvalue weighted by Crippen LogP contribution is -2.24. The lowest BCUT2D eigenvalue weighted by molar-refractivity contribution is -0.115. The molecular weight excluding hydrogens is 416 g/mol. The number of nitrogens with one attached hydrogen (secondary N) is 2. The Kier molecular flexibility index (Phi) is 7.94. The van der Waals surface area contributed by atoms with Crippen LogP contribution in [-0.2, 0) is 4.79 Å². The summed E-state index contributed by atoms with van der Waals surface area (Å²) in [6.45, 7) is 2.57. The van der Waals surface area contributed by atoms with E-state index in [9.17, 15) is 9.59 Å². The summed E-state index contributed by atoms with van der Waals surface area (Å²) in [7, 11) is 0. The van der Waals surface area contributed by atoms with E-state index < -0.39 is 5.25 Å². The van der Waals surface area contributed by atoms with Crippen LogP contribution < -0.4 is 10.6 Å². The summed E-state index contributed by atoms with van der Waals surface area (Å²) >= 11 is 7.78. The first-order chi connectivity index (χ1) is 14.6. The minimum atomic E-state index is -0.431. The SMILES string of the molecule is CCCNC(=O)c1ccc(NC(=O)[C@H](Sc2ccccc2)c2ccccc2)cc1Cl. The van der Waals surface area contributed by atoms with Gasteiger partial charge in [0.15, 0.2) is 0 Å². The van der Waals surface area contributed by atoms with Crippen LogP contribution in [-0.4, -0.2) is 18.4 Å². The van der Waals surface area contributed by atoms with Crippen LogP contribution in [0.5, 0.6) is 0 Å². The number of thioether (sulfide) groups is 1. The normalized spacial score (nSPS) is 11.5. The van der Waals surface area contributed by atoms with E-state index in [1.165, 1.54) is 11.8 Å². The second-order valence-electron chi connectivity index (χ2n) is 6.66. The van der Waals surface area contributed by atoms with Crippen molar-refractivity contribution in [1.29, 1.82) is 0 Å². The highest BCUT2D eigenvalue weighted by Gasteiger charge is 2.22. The lowest BCUT2D eigenvalue weighted by Gasteiger charge is -2.17. The fourth-order valence-corrected chi connectivity index (χ4v) is 4.17. The average Bonchev–Trinajstić information content (AvgIpc) is 2.77. The Morgan fingerprint density at radius 2 is 1.63 bits per heavy atom. The van der Waals surface area contributed by atoms with Gasteiger partial charge in [-0.1, -0.05) is 67.1 Å². The third-order valence-corrected chi connectivity index (χ3v) is 5.93. The summed E-state index contributed by atoms with van der Waals surface area (Å²) < 4.78 is 0. The molecule has 1 atom stereocenters. The van der Waals surface area contributed by atoms with Gasteiger partial charge in [-0.25, -0.2) is 0 Å². The number of halogens is 1. The molecule has 3 rings (SSSR count). The zero-order chi connectivity index (χ0) is 21.3. The number of amides is 2. The van der Waals surface area contributed by atoms with E-state index >= 15 is 0 Å². The van der Waals surface area contributed by atoms with Gasteiger partial charge in [0.2, 0.25) is 5.91 Å². The quantitative estimate of drug-likeness (QED) is 0.427.